The van der Waals surface area contributed by atoms with Crippen molar-refractivity contribution in [2.24, 2.45) is 0 Å². The van der Waals surface area contributed by atoms with Crippen LogP contribution in [0, 0.1) is 0 Å². The number of alkyl halides is 4. The zero-order valence-electron chi connectivity index (χ0n) is 9.48. The topological polar surface area (TPSA) is 0 Å². The van der Waals surface area contributed by atoms with E-state index in [9.17, 15) is 13.2 Å². The van der Waals surface area contributed by atoms with Crippen LogP contribution in [-0.2, 0) is 6.18 Å². The Balaban J connectivity index is 3.13. The van der Waals surface area contributed by atoms with Crippen molar-refractivity contribution in [3.63, 3.8) is 0 Å². The molecule has 1 rings (SSSR count). The number of halogens is 5. The second-order valence-electron chi connectivity index (χ2n) is 3.93. The van der Waals surface area contributed by atoms with Gasteiger partial charge in [0.05, 0.1) is 5.56 Å². The molecule has 0 N–H and O–H groups in total. The van der Waals surface area contributed by atoms with Crippen molar-refractivity contribution in [3.05, 3.63) is 33.8 Å². The summed E-state index contributed by atoms with van der Waals surface area (Å²) in [5.41, 5.74) is 0.174. The first-order valence-corrected chi connectivity index (χ1v) is 6.51. The van der Waals surface area contributed by atoms with Crippen LogP contribution >= 0.6 is 27.5 Å². The Morgan fingerprint density at radius 3 is 2.29 bits per heavy atom. The van der Waals surface area contributed by atoms with E-state index in [1.807, 2.05) is 13.8 Å². The van der Waals surface area contributed by atoms with E-state index in [1.165, 1.54) is 6.07 Å². The fourth-order valence-corrected chi connectivity index (χ4v) is 2.78. The van der Waals surface area contributed by atoms with E-state index in [4.69, 9.17) is 11.6 Å². The van der Waals surface area contributed by atoms with E-state index in [0.29, 0.717) is 4.47 Å². The molecule has 5 heteroatoms. The molecule has 0 aromatic heterocycles. The number of hydrogen-bond acceptors (Lipinski definition) is 0. The minimum absolute atomic E-state index is 0.0494. The fraction of sp³-hybridized carbons (Fsp3) is 0.500. The largest absolute Gasteiger partial charge is 0.416 e. The Bertz CT molecular complexity index is 388. The monoisotopic (exact) mass is 328 g/mol. The molecule has 2 unspecified atom stereocenters. The van der Waals surface area contributed by atoms with Crippen molar-refractivity contribution in [2.75, 3.05) is 0 Å². The summed E-state index contributed by atoms with van der Waals surface area (Å²) in [6.07, 6.45) is -3.52. The van der Waals surface area contributed by atoms with Crippen LogP contribution in [0.2, 0.25) is 0 Å². The van der Waals surface area contributed by atoms with Gasteiger partial charge in [-0.15, -0.1) is 11.6 Å². The van der Waals surface area contributed by atoms with Crippen molar-refractivity contribution in [2.45, 2.75) is 37.7 Å². The van der Waals surface area contributed by atoms with Crippen LogP contribution in [0.1, 0.15) is 37.3 Å². The Labute approximate surface area is 112 Å². The second kappa shape index (κ2) is 5.61. The molecule has 0 aliphatic heterocycles. The summed E-state index contributed by atoms with van der Waals surface area (Å²) in [6.45, 7) is 3.81. The Hall–Kier alpha value is -0.220. The van der Waals surface area contributed by atoms with E-state index in [0.717, 1.165) is 24.1 Å². The average Bonchev–Trinajstić information content (AvgIpc) is 2.19. The molecule has 0 heterocycles. The van der Waals surface area contributed by atoms with Crippen LogP contribution in [-0.4, -0.2) is 5.38 Å². The van der Waals surface area contributed by atoms with Gasteiger partial charge in [0.1, 0.15) is 0 Å². The predicted molar refractivity (Wildman–Crippen MR) is 67.5 cm³/mol. The van der Waals surface area contributed by atoms with Gasteiger partial charge in [0, 0.05) is 15.8 Å². The van der Waals surface area contributed by atoms with E-state index in [2.05, 4.69) is 15.9 Å². The number of benzene rings is 1. The highest BCUT2D eigenvalue weighted by Gasteiger charge is 2.31. The first-order chi connectivity index (χ1) is 7.77. The van der Waals surface area contributed by atoms with E-state index >= 15 is 0 Å². The van der Waals surface area contributed by atoms with Crippen molar-refractivity contribution >= 4 is 27.5 Å². The smallest absolute Gasteiger partial charge is 0.166 e. The lowest BCUT2D eigenvalue weighted by atomic mass is 9.93. The zero-order valence-corrected chi connectivity index (χ0v) is 11.8. The van der Waals surface area contributed by atoms with Gasteiger partial charge in [0.15, 0.2) is 0 Å². The van der Waals surface area contributed by atoms with Crippen LogP contribution in [0.3, 0.4) is 0 Å². The SMILES string of the molecule is CCC(c1ccc(C(F)(F)F)cc1Br)C(C)Cl. The molecule has 0 aliphatic rings. The van der Waals surface area contributed by atoms with Gasteiger partial charge >= 0.3 is 6.18 Å². The summed E-state index contributed by atoms with van der Waals surface area (Å²) in [7, 11) is 0. The highest BCUT2D eigenvalue weighted by Crippen LogP contribution is 2.37. The standard InChI is InChI=1S/C12H13BrClF3/c1-3-9(7(2)14)10-5-4-8(6-11(10)13)12(15,16)17/h4-7,9H,3H2,1-2H3. The van der Waals surface area contributed by atoms with Gasteiger partial charge in [-0.05, 0) is 31.0 Å². The summed E-state index contributed by atoms with van der Waals surface area (Å²) < 4.78 is 37.9. The molecular weight excluding hydrogens is 316 g/mol. The summed E-state index contributed by atoms with van der Waals surface area (Å²) in [5, 5.41) is -0.118. The van der Waals surface area contributed by atoms with Crippen molar-refractivity contribution < 1.29 is 13.2 Å². The summed E-state index contributed by atoms with van der Waals surface area (Å²) in [6, 6.07) is 3.71. The molecule has 0 spiro atoms. The third-order valence-corrected chi connectivity index (χ3v) is 3.71. The maximum absolute atomic E-state index is 12.5. The normalized spacial score (nSPS) is 15.7. The molecule has 1 aromatic carbocycles. The van der Waals surface area contributed by atoms with Crippen molar-refractivity contribution in [1.82, 2.24) is 0 Å². The first kappa shape index (κ1) is 14.8. The molecule has 17 heavy (non-hydrogen) atoms. The third kappa shape index (κ3) is 3.62. The highest BCUT2D eigenvalue weighted by molar-refractivity contribution is 9.10. The maximum atomic E-state index is 12.5. The van der Waals surface area contributed by atoms with E-state index in [-0.39, 0.29) is 11.3 Å². The minimum atomic E-state index is -4.31. The molecule has 0 amide bonds. The lowest BCUT2D eigenvalue weighted by Gasteiger charge is -2.20. The molecule has 0 saturated heterocycles. The van der Waals surface area contributed by atoms with Crippen LogP contribution < -0.4 is 0 Å². The van der Waals surface area contributed by atoms with Crippen LogP contribution in [0.5, 0.6) is 0 Å². The molecule has 1 aromatic rings. The van der Waals surface area contributed by atoms with Gasteiger partial charge in [-0.1, -0.05) is 28.9 Å². The summed E-state index contributed by atoms with van der Waals surface area (Å²) in [4.78, 5) is 0. The average molecular weight is 330 g/mol. The predicted octanol–water partition coefficient (Wildman–Crippen LogP) is 5.59. The zero-order chi connectivity index (χ0) is 13.2. The van der Waals surface area contributed by atoms with Crippen molar-refractivity contribution in [1.29, 1.82) is 0 Å². The minimum Gasteiger partial charge on any atom is -0.166 e. The summed E-state index contributed by atoms with van der Waals surface area (Å²) >= 11 is 9.23. The Morgan fingerprint density at radius 1 is 1.35 bits per heavy atom. The molecule has 0 saturated carbocycles. The van der Waals surface area contributed by atoms with Crippen LogP contribution in [0.4, 0.5) is 13.2 Å². The van der Waals surface area contributed by atoms with Gasteiger partial charge in [0.25, 0.3) is 0 Å². The quantitative estimate of drug-likeness (QED) is 0.634. The van der Waals surface area contributed by atoms with Crippen molar-refractivity contribution in [3.8, 4) is 0 Å². The molecule has 0 radical (unpaired) electrons. The maximum Gasteiger partial charge on any atom is 0.416 e. The van der Waals surface area contributed by atoms with Crippen LogP contribution in [0.25, 0.3) is 0 Å². The molecular formula is C12H13BrClF3. The molecule has 0 aliphatic carbocycles. The van der Waals surface area contributed by atoms with Crippen LogP contribution in [0.15, 0.2) is 22.7 Å². The van der Waals surface area contributed by atoms with Gasteiger partial charge in [-0.2, -0.15) is 13.2 Å². The molecule has 0 bridgehead atoms. The van der Waals surface area contributed by atoms with Gasteiger partial charge in [-0.25, -0.2) is 0 Å². The first-order valence-electron chi connectivity index (χ1n) is 5.28. The molecule has 96 valence electrons. The third-order valence-electron chi connectivity index (χ3n) is 2.72. The van der Waals surface area contributed by atoms with Gasteiger partial charge in [-0.3, -0.25) is 0 Å². The number of hydrogen-bond donors (Lipinski definition) is 0. The molecule has 0 nitrogen and oxygen atoms in total. The number of rotatable bonds is 3. The Morgan fingerprint density at radius 2 is 1.94 bits per heavy atom. The lowest BCUT2D eigenvalue weighted by Crippen LogP contribution is -2.11. The Kier molecular flexibility index (Phi) is 4.90. The van der Waals surface area contributed by atoms with Gasteiger partial charge in [0.2, 0.25) is 0 Å². The van der Waals surface area contributed by atoms with Gasteiger partial charge < -0.3 is 0 Å². The van der Waals surface area contributed by atoms with E-state index < -0.39 is 11.7 Å². The van der Waals surface area contributed by atoms with E-state index in [1.54, 1.807) is 0 Å². The molecule has 0 fully saturated rings. The summed E-state index contributed by atoms with van der Waals surface area (Å²) in [5.74, 6) is 0.0494. The second-order valence-corrected chi connectivity index (χ2v) is 5.47. The lowest BCUT2D eigenvalue weighted by molar-refractivity contribution is -0.137. The molecule has 2 atom stereocenters. The fourth-order valence-electron chi connectivity index (χ4n) is 1.80. The highest BCUT2D eigenvalue weighted by atomic mass is 79.9.